The van der Waals surface area contributed by atoms with Crippen molar-refractivity contribution in [3.63, 3.8) is 0 Å². The number of carbonyl (C=O) groups excluding carboxylic acids is 1. The molecule has 0 bridgehead atoms. The van der Waals surface area contributed by atoms with E-state index in [1.165, 1.54) is 19.3 Å². The van der Waals surface area contributed by atoms with Crippen molar-refractivity contribution in [2.45, 2.75) is 65.3 Å². The first-order valence-electron chi connectivity index (χ1n) is 7.34. The van der Waals surface area contributed by atoms with E-state index in [4.69, 9.17) is 0 Å². The molecule has 1 N–H and O–H groups in total. The summed E-state index contributed by atoms with van der Waals surface area (Å²) in [6, 6.07) is 0. The van der Waals surface area contributed by atoms with Crippen LogP contribution in [0.4, 0.5) is 0 Å². The summed E-state index contributed by atoms with van der Waals surface area (Å²) in [4.78, 5) is 10.8. The van der Waals surface area contributed by atoms with Gasteiger partial charge in [0.1, 0.15) is 0 Å². The van der Waals surface area contributed by atoms with Gasteiger partial charge in [0.15, 0.2) is 0 Å². The summed E-state index contributed by atoms with van der Waals surface area (Å²) in [7, 11) is 0. The van der Waals surface area contributed by atoms with Crippen LogP contribution in [-0.2, 0) is 4.79 Å². The van der Waals surface area contributed by atoms with Crippen LogP contribution in [0.15, 0.2) is 11.6 Å². The second-order valence-corrected chi connectivity index (χ2v) is 7.05. The zero-order valence-corrected chi connectivity index (χ0v) is 12.3. The lowest BCUT2D eigenvalue weighted by Crippen LogP contribution is -2.41. The molecule has 102 valence electrons. The highest BCUT2D eigenvalue weighted by Gasteiger charge is 2.48. The molecule has 2 aliphatic rings. The van der Waals surface area contributed by atoms with E-state index in [1.807, 2.05) is 0 Å². The van der Waals surface area contributed by atoms with Gasteiger partial charge in [0, 0.05) is 5.54 Å². The van der Waals surface area contributed by atoms with E-state index in [0.29, 0.717) is 11.3 Å². The molecule has 0 saturated heterocycles. The standard InChI is InChI=1S/C16H27NO/c1-12(2)14-6-5-13(3)16(9-14)8-7-15(4,10-16)17-11-18/h9,11-13H,5-8,10H2,1-4H3,(H,17,18)/t13-,15-,16-/m1/s1. The maximum atomic E-state index is 10.8. The summed E-state index contributed by atoms with van der Waals surface area (Å²) in [5.41, 5.74) is 1.97. The molecule has 3 atom stereocenters. The van der Waals surface area contributed by atoms with Crippen LogP contribution in [0.1, 0.15) is 59.8 Å². The van der Waals surface area contributed by atoms with Crippen LogP contribution in [0.3, 0.4) is 0 Å². The number of hydrogen-bond acceptors (Lipinski definition) is 1. The van der Waals surface area contributed by atoms with Gasteiger partial charge in [-0.1, -0.05) is 32.4 Å². The molecule has 1 amide bonds. The number of nitrogens with one attached hydrogen (secondary N) is 1. The number of rotatable bonds is 3. The Morgan fingerprint density at radius 2 is 2.17 bits per heavy atom. The number of hydrogen-bond donors (Lipinski definition) is 1. The van der Waals surface area contributed by atoms with E-state index in [2.05, 4.69) is 39.1 Å². The van der Waals surface area contributed by atoms with Gasteiger partial charge >= 0.3 is 0 Å². The number of allylic oxidation sites excluding steroid dienone is 2. The Morgan fingerprint density at radius 1 is 1.44 bits per heavy atom. The average Bonchev–Trinajstić information content (AvgIpc) is 2.62. The van der Waals surface area contributed by atoms with Crippen molar-refractivity contribution in [1.29, 1.82) is 0 Å². The topological polar surface area (TPSA) is 29.1 Å². The zero-order valence-electron chi connectivity index (χ0n) is 12.3. The van der Waals surface area contributed by atoms with Crippen molar-refractivity contribution < 1.29 is 4.79 Å². The minimum Gasteiger partial charge on any atom is -0.353 e. The predicted octanol–water partition coefficient (Wildman–Crippen LogP) is 3.67. The molecule has 0 radical (unpaired) electrons. The van der Waals surface area contributed by atoms with Crippen LogP contribution in [-0.4, -0.2) is 11.9 Å². The molecule has 1 spiro atoms. The molecule has 0 aromatic rings. The Hall–Kier alpha value is -0.790. The Kier molecular flexibility index (Phi) is 3.57. The summed E-state index contributed by atoms with van der Waals surface area (Å²) in [5.74, 6) is 1.41. The van der Waals surface area contributed by atoms with Gasteiger partial charge in [-0.25, -0.2) is 0 Å². The summed E-state index contributed by atoms with van der Waals surface area (Å²) < 4.78 is 0. The molecular weight excluding hydrogens is 222 g/mol. The van der Waals surface area contributed by atoms with Gasteiger partial charge in [-0.05, 0) is 56.3 Å². The molecule has 1 fully saturated rings. The Bertz CT molecular complexity index is 360. The molecule has 2 nitrogen and oxygen atoms in total. The average molecular weight is 249 g/mol. The van der Waals surface area contributed by atoms with Crippen LogP contribution in [0, 0.1) is 17.3 Å². The Labute approximate surface area is 111 Å². The van der Waals surface area contributed by atoms with Crippen molar-refractivity contribution in [2.24, 2.45) is 17.3 Å². The Balaban J connectivity index is 2.25. The van der Waals surface area contributed by atoms with Gasteiger partial charge in [0.25, 0.3) is 0 Å². The first-order chi connectivity index (χ1) is 8.41. The molecular formula is C16H27NO. The lowest BCUT2D eigenvalue weighted by molar-refractivity contribution is -0.111. The molecule has 0 unspecified atom stereocenters. The number of amides is 1. The van der Waals surface area contributed by atoms with Gasteiger partial charge in [-0.2, -0.15) is 0 Å². The van der Waals surface area contributed by atoms with Crippen LogP contribution in [0.5, 0.6) is 0 Å². The van der Waals surface area contributed by atoms with Gasteiger partial charge in [0.2, 0.25) is 6.41 Å². The third-order valence-corrected chi connectivity index (χ3v) is 5.33. The van der Waals surface area contributed by atoms with Gasteiger partial charge in [-0.15, -0.1) is 0 Å². The SMILES string of the molecule is CC(C)C1=C[C@@]2(CC[C@@](C)(NC=O)C2)[C@H](C)CC1. The summed E-state index contributed by atoms with van der Waals surface area (Å²) in [6.07, 6.45) is 9.46. The molecule has 2 rings (SSSR count). The smallest absolute Gasteiger partial charge is 0.207 e. The van der Waals surface area contributed by atoms with Crippen molar-refractivity contribution in [1.82, 2.24) is 5.32 Å². The monoisotopic (exact) mass is 249 g/mol. The minimum atomic E-state index is 0.00589. The summed E-state index contributed by atoms with van der Waals surface area (Å²) in [6.45, 7) is 9.18. The first kappa shape index (κ1) is 13.6. The van der Waals surface area contributed by atoms with Gasteiger partial charge in [0.05, 0.1) is 0 Å². The van der Waals surface area contributed by atoms with E-state index in [1.54, 1.807) is 5.57 Å². The third-order valence-electron chi connectivity index (χ3n) is 5.33. The highest BCUT2D eigenvalue weighted by Crippen LogP contribution is 2.54. The van der Waals surface area contributed by atoms with Crippen molar-refractivity contribution in [3.05, 3.63) is 11.6 Å². The number of carbonyl (C=O) groups is 1. The van der Waals surface area contributed by atoms with E-state index in [-0.39, 0.29) is 5.54 Å². The first-order valence-corrected chi connectivity index (χ1v) is 7.34. The molecule has 0 heterocycles. The van der Waals surface area contributed by atoms with E-state index in [0.717, 1.165) is 25.2 Å². The fourth-order valence-corrected chi connectivity index (χ4v) is 3.93. The van der Waals surface area contributed by atoms with Crippen molar-refractivity contribution in [2.75, 3.05) is 0 Å². The van der Waals surface area contributed by atoms with E-state index < -0.39 is 0 Å². The van der Waals surface area contributed by atoms with Crippen LogP contribution >= 0.6 is 0 Å². The lowest BCUT2D eigenvalue weighted by atomic mass is 9.66. The lowest BCUT2D eigenvalue weighted by Gasteiger charge is -2.40. The molecule has 0 aliphatic heterocycles. The summed E-state index contributed by atoms with van der Waals surface area (Å²) in [5, 5.41) is 3.05. The van der Waals surface area contributed by atoms with Crippen molar-refractivity contribution in [3.8, 4) is 0 Å². The summed E-state index contributed by atoms with van der Waals surface area (Å²) >= 11 is 0. The van der Waals surface area contributed by atoms with Crippen LogP contribution in [0.2, 0.25) is 0 Å². The molecule has 0 aromatic carbocycles. The fraction of sp³-hybridized carbons (Fsp3) is 0.812. The van der Waals surface area contributed by atoms with Gasteiger partial charge in [-0.3, -0.25) is 4.79 Å². The Morgan fingerprint density at radius 3 is 2.78 bits per heavy atom. The van der Waals surface area contributed by atoms with Gasteiger partial charge < -0.3 is 5.32 Å². The highest BCUT2D eigenvalue weighted by molar-refractivity contribution is 5.48. The van der Waals surface area contributed by atoms with E-state index in [9.17, 15) is 4.79 Å². The maximum Gasteiger partial charge on any atom is 0.207 e. The highest BCUT2D eigenvalue weighted by atomic mass is 16.1. The third kappa shape index (κ3) is 2.34. The second-order valence-electron chi connectivity index (χ2n) is 7.05. The van der Waals surface area contributed by atoms with E-state index >= 15 is 0 Å². The van der Waals surface area contributed by atoms with Crippen LogP contribution in [0.25, 0.3) is 0 Å². The van der Waals surface area contributed by atoms with Crippen LogP contribution < -0.4 is 5.32 Å². The second kappa shape index (κ2) is 4.71. The minimum absolute atomic E-state index is 0.00589. The zero-order chi connectivity index (χ0) is 13.4. The molecule has 18 heavy (non-hydrogen) atoms. The molecule has 2 aliphatic carbocycles. The predicted molar refractivity (Wildman–Crippen MR) is 75.2 cm³/mol. The van der Waals surface area contributed by atoms with Crippen molar-refractivity contribution >= 4 is 6.41 Å². The maximum absolute atomic E-state index is 10.8. The fourth-order valence-electron chi connectivity index (χ4n) is 3.93. The largest absolute Gasteiger partial charge is 0.353 e. The quantitative estimate of drug-likeness (QED) is 0.600. The molecule has 0 aromatic heterocycles. The molecule has 2 heteroatoms. The molecule has 1 saturated carbocycles. The normalized spacial score (nSPS) is 40.1.